The van der Waals surface area contributed by atoms with Crippen molar-refractivity contribution in [1.82, 2.24) is 10.6 Å². The van der Waals surface area contributed by atoms with Crippen LogP contribution in [0.3, 0.4) is 0 Å². The molecule has 1 rings (SSSR count). The number of urea groups is 1. The molecule has 0 fully saturated rings. The van der Waals surface area contributed by atoms with Crippen molar-refractivity contribution in [3.63, 3.8) is 0 Å². The summed E-state index contributed by atoms with van der Waals surface area (Å²) in [4.78, 5) is 21.5. The second-order valence-electron chi connectivity index (χ2n) is 3.85. The van der Waals surface area contributed by atoms with Crippen LogP contribution in [0.4, 0.5) is 4.79 Å². The predicted molar refractivity (Wildman–Crippen MR) is 72.8 cm³/mol. The van der Waals surface area contributed by atoms with Gasteiger partial charge < -0.3 is 20.8 Å². The van der Waals surface area contributed by atoms with E-state index < -0.39 is 18.1 Å². The van der Waals surface area contributed by atoms with Crippen LogP contribution in [-0.4, -0.2) is 35.3 Å². The monoisotopic (exact) mass is 330 g/mol. The molecule has 19 heavy (non-hydrogen) atoms. The summed E-state index contributed by atoms with van der Waals surface area (Å²) >= 11 is 3.29. The normalized spacial score (nSPS) is 11.7. The summed E-state index contributed by atoms with van der Waals surface area (Å²) < 4.78 is 0.843. The van der Waals surface area contributed by atoms with Crippen LogP contribution in [0.25, 0.3) is 0 Å². The summed E-state index contributed by atoms with van der Waals surface area (Å²) in [6.45, 7) is 0.101. The smallest absolute Gasteiger partial charge is 0.314 e. The maximum absolute atomic E-state index is 11.3. The van der Waals surface area contributed by atoms with Crippen LogP contribution in [0.2, 0.25) is 0 Å². The Bertz CT molecular complexity index is 453. The molecule has 0 aliphatic carbocycles. The van der Waals surface area contributed by atoms with Gasteiger partial charge in [0.1, 0.15) is 0 Å². The Balaban J connectivity index is 2.31. The van der Waals surface area contributed by atoms with E-state index in [0.29, 0.717) is 5.56 Å². The molecule has 7 heteroatoms. The summed E-state index contributed by atoms with van der Waals surface area (Å²) in [6.07, 6.45) is -0.954. The van der Waals surface area contributed by atoms with Gasteiger partial charge in [-0.1, -0.05) is 28.1 Å². The summed E-state index contributed by atoms with van der Waals surface area (Å²) in [5.74, 6) is -0.977. The van der Waals surface area contributed by atoms with E-state index in [-0.39, 0.29) is 19.5 Å². The zero-order chi connectivity index (χ0) is 14.3. The lowest BCUT2D eigenvalue weighted by Gasteiger charge is -2.13. The highest BCUT2D eigenvalue weighted by Crippen LogP contribution is 2.17. The number of hydrogen-bond acceptors (Lipinski definition) is 3. The van der Waals surface area contributed by atoms with Crippen molar-refractivity contribution in [2.45, 2.75) is 12.5 Å². The molecule has 0 radical (unpaired) electrons. The molecular weight excluding hydrogens is 316 g/mol. The lowest BCUT2D eigenvalue weighted by atomic mass is 10.1. The van der Waals surface area contributed by atoms with Crippen molar-refractivity contribution in [1.29, 1.82) is 0 Å². The first-order valence-electron chi connectivity index (χ1n) is 5.66. The van der Waals surface area contributed by atoms with Gasteiger partial charge in [0.15, 0.2) is 0 Å². The van der Waals surface area contributed by atoms with Crippen LogP contribution in [0.15, 0.2) is 28.7 Å². The Hall–Kier alpha value is -1.60. The first kappa shape index (κ1) is 15.5. The lowest BCUT2D eigenvalue weighted by molar-refractivity contribution is -0.136. The Kier molecular flexibility index (Phi) is 6.31. The Morgan fingerprint density at radius 1 is 1.32 bits per heavy atom. The third-order valence-corrected chi connectivity index (χ3v) is 2.81. The number of carbonyl (C=O) groups is 2. The van der Waals surface area contributed by atoms with Gasteiger partial charge in [-0.3, -0.25) is 4.79 Å². The van der Waals surface area contributed by atoms with E-state index in [1.54, 1.807) is 18.2 Å². The molecule has 0 aliphatic heterocycles. The Morgan fingerprint density at radius 3 is 2.68 bits per heavy atom. The van der Waals surface area contributed by atoms with Crippen LogP contribution in [0, 0.1) is 0 Å². The second-order valence-corrected chi connectivity index (χ2v) is 4.77. The topological polar surface area (TPSA) is 98.7 Å². The van der Waals surface area contributed by atoms with Gasteiger partial charge in [-0.15, -0.1) is 0 Å². The van der Waals surface area contributed by atoms with E-state index in [2.05, 4.69) is 26.6 Å². The average Bonchev–Trinajstić information content (AvgIpc) is 2.35. The van der Waals surface area contributed by atoms with E-state index in [9.17, 15) is 14.7 Å². The van der Waals surface area contributed by atoms with E-state index in [1.807, 2.05) is 6.07 Å². The molecule has 0 bridgehead atoms. The van der Waals surface area contributed by atoms with Gasteiger partial charge in [0.25, 0.3) is 0 Å². The van der Waals surface area contributed by atoms with Crippen molar-refractivity contribution in [3.05, 3.63) is 34.3 Å². The molecule has 104 valence electrons. The minimum absolute atomic E-state index is 0.0497. The first-order chi connectivity index (χ1) is 8.99. The number of aliphatic hydroxyl groups is 1. The number of hydrogen-bond donors (Lipinski definition) is 4. The van der Waals surface area contributed by atoms with Gasteiger partial charge in [-0.2, -0.15) is 0 Å². The second kappa shape index (κ2) is 7.75. The lowest BCUT2D eigenvalue weighted by Crippen LogP contribution is -2.38. The van der Waals surface area contributed by atoms with E-state index in [4.69, 9.17) is 5.11 Å². The zero-order valence-corrected chi connectivity index (χ0v) is 11.7. The molecule has 0 heterocycles. The van der Waals surface area contributed by atoms with Crippen molar-refractivity contribution >= 4 is 27.9 Å². The van der Waals surface area contributed by atoms with Crippen molar-refractivity contribution < 1.29 is 19.8 Å². The maximum Gasteiger partial charge on any atom is 0.314 e. The molecule has 1 aromatic rings. The van der Waals surface area contributed by atoms with Crippen LogP contribution >= 0.6 is 15.9 Å². The molecule has 2 amide bonds. The number of carboxylic acids is 1. The molecule has 1 atom stereocenters. The molecule has 0 saturated heterocycles. The molecule has 0 spiro atoms. The van der Waals surface area contributed by atoms with Crippen LogP contribution in [0.5, 0.6) is 0 Å². The number of aliphatic hydroxyl groups excluding tert-OH is 1. The van der Waals surface area contributed by atoms with Crippen LogP contribution in [-0.2, 0) is 4.79 Å². The fraction of sp³-hybridized carbons (Fsp3) is 0.333. The van der Waals surface area contributed by atoms with Crippen LogP contribution < -0.4 is 10.6 Å². The summed E-state index contributed by atoms with van der Waals surface area (Å²) in [5, 5.41) is 23.1. The number of rotatable bonds is 6. The number of halogens is 1. The molecule has 1 aromatic carbocycles. The van der Waals surface area contributed by atoms with Crippen LogP contribution in [0.1, 0.15) is 18.1 Å². The van der Waals surface area contributed by atoms with Gasteiger partial charge >= 0.3 is 12.0 Å². The number of carboxylic acid groups (broad SMARTS) is 1. The van der Waals surface area contributed by atoms with Gasteiger partial charge in [0, 0.05) is 17.6 Å². The summed E-state index contributed by atoms with van der Waals surface area (Å²) in [6, 6.07) is 6.63. The standard InChI is InChI=1S/C12H15BrN2O4/c13-9-3-1-2-8(6-9)10(16)7-15-12(19)14-5-4-11(17)18/h1-3,6,10,16H,4-5,7H2,(H,17,18)(H2,14,15,19)/t10-/m0/s1. The van der Waals surface area contributed by atoms with Crippen molar-refractivity contribution in [2.24, 2.45) is 0 Å². The summed E-state index contributed by atoms with van der Waals surface area (Å²) in [5.41, 5.74) is 0.681. The molecule has 4 N–H and O–H groups in total. The van der Waals surface area contributed by atoms with E-state index >= 15 is 0 Å². The van der Waals surface area contributed by atoms with Crippen molar-refractivity contribution in [3.8, 4) is 0 Å². The minimum atomic E-state index is -0.977. The van der Waals surface area contributed by atoms with Gasteiger partial charge in [-0.25, -0.2) is 4.79 Å². The average molecular weight is 331 g/mol. The molecular formula is C12H15BrN2O4. The molecule has 0 aromatic heterocycles. The highest BCUT2D eigenvalue weighted by atomic mass is 79.9. The third-order valence-electron chi connectivity index (χ3n) is 2.31. The quantitative estimate of drug-likeness (QED) is 0.631. The number of amides is 2. The number of benzene rings is 1. The fourth-order valence-electron chi connectivity index (χ4n) is 1.37. The SMILES string of the molecule is O=C(O)CCNC(=O)NC[C@H](O)c1cccc(Br)c1. The number of aliphatic carboxylic acids is 1. The Morgan fingerprint density at radius 2 is 2.05 bits per heavy atom. The maximum atomic E-state index is 11.3. The largest absolute Gasteiger partial charge is 0.481 e. The van der Waals surface area contributed by atoms with E-state index in [0.717, 1.165) is 4.47 Å². The van der Waals surface area contributed by atoms with Gasteiger partial charge in [0.2, 0.25) is 0 Å². The van der Waals surface area contributed by atoms with E-state index in [1.165, 1.54) is 0 Å². The highest BCUT2D eigenvalue weighted by Gasteiger charge is 2.09. The first-order valence-corrected chi connectivity index (χ1v) is 6.45. The molecule has 0 saturated carbocycles. The minimum Gasteiger partial charge on any atom is -0.481 e. The van der Waals surface area contributed by atoms with Crippen molar-refractivity contribution in [2.75, 3.05) is 13.1 Å². The zero-order valence-electron chi connectivity index (χ0n) is 10.1. The predicted octanol–water partition coefficient (Wildman–Crippen LogP) is 1.26. The fourth-order valence-corrected chi connectivity index (χ4v) is 1.78. The molecule has 6 nitrogen and oxygen atoms in total. The summed E-state index contributed by atoms with van der Waals surface area (Å²) in [7, 11) is 0. The number of nitrogens with one attached hydrogen (secondary N) is 2. The van der Waals surface area contributed by atoms with Gasteiger partial charge in [0.05, 0.1) is 12.5 Å². The van der Waals surface area contributed by atoms with Gasteiger partial charge in [-0.05, 0) is 17.7 Å². The third kappa shape index (κ3) is 6.21. The highest BCUT2D eigenvalue weighted by molar-refractivity contribution is 9.10. The molecule has 0 unspecified atom stereocenters. The number of carbonyl (C=O) groups excluding carboxylic acids is 1. The molecule has 0 aliphatic rings. The Labute approximate surface area is 118 Å².